The molecule has 0 bridgehead atoms. The van der Waals surface area contributed by atoms with Crippen LogP contribution in [0.3, 0.4) is 0 Å². The summed E-state index contributed by atoms with van der Waals surface area (Å²) in [4.78, 5) is 22.1. The van der Waals surface area contributed by atoms with Crippen LogP contribution in [0, 0.1) is 0 Å². The van der Waals surface area contributed by atoms with Crippen LogP contribution in [0.25, 0.3) is 10.9 Å². The summed E-state index contributed by atoms with van der Waals surface area (Å²) < 4.78 is 0. The molecule has 1 aliphatic heterocycles. The summed E-state index contributed by atoms with van der Waals surface area (Å²) in [6.07, 6.45) is 13.0. The Balaban J connectivity index is 0.00000145. The summed E-state index contributed by atoms with van der Waals surface area (Å²) in [7, 11) is 0. The number of nitrogens with one attached hydrogen (secondary N) is 1. The Morgan fingerprint density at radius 2 is 2.07 bits per heavy atom. The summed E-state index contributed by atoms with van der Waals surface area (Å²) in [6, 6.07) is 7.51. The highest BCUT2D eigenvalue weighted by Gasteiger charge is 2.13. The minimum absolute atomic E-state index is 0.0413. The molecule has 3 rings (SSSR count). The molecule has 29 heavy (non-hydrogen) atoms. The third kappa shape index (κ3) is 6.53. The zero-order chi connectivity index (χ0) is 21.1. The van der Waals surface area contributed by atoms with Crippen LogP contribution in [-0.2, 0) is 6.42 Å². The summed E-state index contributed by atoms with van der Waals surface area (Å²) in [6.45, 7) is 11.4. The lowest BCUT2D eigenvalue weighted by Crippen LogP contribution is -2.30. The highest BCUT2D eigenvalue weighted by molar-refractivity contribution is 5.77. The molecule has 1 aromatic carbocycles. The second-order valence-electron chi connectivity index (χ2n) is 6.98. The smallest absolute Gasteiger partial charge is 0.258 e. The predicted octanol–water partition coefficient (Wildman–Crippen LogP) is 5.43. The number of benzene rings is 1. The Morgan fingerprint density at radius 1 is 1.28 bits per heavy atom. The average Bonchev–Trinajstić information content (AvgIpc) is 2.76. The second-order valence-corrected chi connectivity index (χ2v) is 6.98. The van der Waals surface area contributed by atoms with Crippen molar-refractivity contribution in [2.45, 2.75) is 53.4 Å². The average molecular weight is 394 g/mol. The van der Waals surface area contributed by atoms with Gasteiger partial charge in [0.2, 0.25) is 0 Å². The van der Waals surface area contributed by atoms with Crippen molar-refractivity contribution in [1.82, 2.24) is 14.9 Å². The SMILES string of the molecule is C/C=C\C(=C/CC)C1=CCN(CCCc2nc3ccccc3c(=O)[nH]2)CC1.CC. The summed E-state index contributed by atoms with van der Waals surface area (Å²) in [5.74, 6) is 0.785. The van der Waals surface area contributed by atoms with Crippen LogP contribution >= 0.6 is 0 Å². The number of aromatic nitrogens is 2. The maximum atomic E-state index is 12.1. The summed E-state index contributed by atoms with van der Waals surface area (Å²) >= 11 is 0. The molecular formula is C25H35N3O. The van der Waals surface area contributed by atoms with Crippen LogP contribution in [0.4, 0.5) is 0 Å². The lowest BCUT2D eigenvalue weighted by atomic mass is 9.98. The maximum Gasteiger partial charge on any atom is 0.258 e. The van der Waals surface area contributed by atoms with E-state index in [2.05, 4.69) is 53.0 Å². The van der Waals surface area contributed by atoms with Gasteiger partial charge in [0.05, 0.1) is 10.9 Å². The molecule has 0 aliphatic carbocycles. The predicted molar refractivity (Wildman–Crippen MR) is 124 cm³/mol. The fourth-order valence-corrected chi connectivity index (χ4v) is 3.61. The van der Waals surface area contributed by atoms with Crippen LogP contribution in [0.1, 0.15) is 52.8 Å². The van der Waals surface area contributed by atoms with Gasteiger partial charge in [-0.05, 0) is 56.0 Å². The third-order valence-corrected chi connectivity index (χ3v) is 4.98. The molecule has 0 spiro atoms. The van der Waals surface area contributed by atoms with E-state index in [0.29, 0.717) is 5.39 Å². The molecule has 0 fully saturated rings. The Morgan fingerprint density at radius 3 is 2.76 bits per heavy atom. The first-order valence-corrected chi connectivity index (χ1v) is 10.9. The molecule has 156 valence electrons. The van der Waals surface area contributed by atoms with Gasteiger partial charge >= 0.3 is 0 Å². The van der Waals surface area contributed by atoms with Crippen LogP contribution < -0.4 is 5.56 Å². The van der Waals surface area contributed by atoms with Crippen LogP contribution in [0.15, 0.2) is 64.5 Å². The van der Waals surface area contributed by atoms with Crippen LogP contribution in [0.2, 0.25) is 0 Å². The topological polar surface area (TPSA) is 49.0 Å². The number of aromatic amines is 1. The van der Waals surface area contributed by atoms with Gasteiger partial charge in [-0.2, -0.15) is 0 Å². The first-order valence-electron chi connectivity index (χ1n) is 10.9. The minimum atomic E-state index is -0.0413. The fraction of sp³-hybridized carbons (Fsp3) is 0.440. The number of H-pyrrole nitrogens is 1. The summed E-state index contributed by atoms with van der Waals surface area (Å²) in [5.41, 5.74) is 3.57. The summed E-state index contributed by atoms with van der Waals surface area (Å²) in [5, 5.41) is 0.659. The van der Waals surface area contributed by atoms with Gasteiger partial charge in [0.1, 0.15) is 5.82 Å². The lowest BCUT2D eigenvalue weighted by molar-refractivity contribution is 0.290. The van der Waals surface area contributed by atoms with E-state index >= 15 is 0 Å². The van der Waals surface area contributed by atoms with Gasteiger partial charge in [0, 0.05) is 19.5 Å². The number of para-hydroxylation sites is 1. The fourth-order valence-electron chi connectivity index (χ4n) is 3.61. The van der Waals surface area contributed by atoms with Gasteiger partial charge < -0.3 is 4.98 Å². The molecule has 4 heteroatoms. The van der Waals surface area contributed by atoms with Crippen molar-refractivity contribution >= 4 is 10.9 Å². The molecule has 1 aromatic heterocycles. The van der Waals surface area contributed by atoms with E-state index < -0.39 is 0 Å². The number of rotatable bonds is 7. The minimum Gasteiger partial charge on any atom is -0.310 e. The molecule has 4 nitrogen and oxygen atoms in total. The van der Waals surface area contributed by atoms with Crippen molar-refractivity contribution in [2.24, 2.45) is 0 Å². The quantitative estimate of drug-likeness (QED) is 0.638. The largest absolute Gasteiger partial charge is 0.310 e. The van der Waals surface area contributed by atoms with Crippen molar-refractivity contribution in [3.05, 3.63) is 75.9 Å². The van der Waals surface area contributed by atoms with Gasteiger partial charge in [-0.3, -0.25) is 9.69 Å². The monoisotopic (exact) mass is 393 g/mol. The number of hydrogen-bond acceptors (Lipinski definition) is 3. The molecule has 0 unspecified atom stereocenters. The first-order chi connectivity index (χ1) is 14.2. The van der Waals surface area contributed by atoms with Gasteiger partial charge in [-0.1, -0.05) is 57.2 Å². The Hall–Kier alpha value is -2.46. The van der Waals surface area contributed by atoms with E-state index in [1.807, 2.05) is 38.1 Å². The molecule has 1 aliphatic rings. The molecule has 2 aromatic rings. The first kappa shape index (κ1) is 22.8. The van der Waals surface area contributed by atoms with Crippen molar-refractivity contribution in [2.75, 3.05) is 19.6 Å². The molecule has 0 saturated carbocycles. The Bertz CT molecular complexity index is 921. The standard InChI is InChI=1S/C23H29N3O.C2H6/c1-3-8-18(9-4-2)19-13-16-26(17-14-19)15-7-12-22-24-21-11-6-5-10-20(21)23(27)25-22;1-2/h3,5-6,8-11,13H,4,7,12,14-17H2,1-2H3,(H,24,25,27);1-2H3/b8-3-,18-9+;. The highest BCUT2D eigenvalue weighted by atomic mass is 16.1. The van der Waals surface area contributed by atoms with Crippen LogP contribution in [0.5, 0.6) is 0 Å². The van der Waals surface area contributed by atoms with Gasteiger partial charge in [0.25, 0.3) is 5.56 Å². The van der Waals surface area contributed by atoms with E-state index in [9.17, 15) is 4.79 Å². The maximum absolute atomic E-state index is 12.1. The number of allylic oxidation sites excluding steroid dienone is 4. The van der Waals surface area contributed by atoms with Crippen molar-refractivity contribution in [3.8, 4) is 0 Å². The van der Waals surface area contributed by atoms with E-state index in [1.165, 1.54) is 11.1 Å². The van der Waals surface area contributed by atoms with Crippen molar-refractivity contribution < 1.29 is 0 Å². The van der Waals surface area contributed by atoms with Gasteiger partial charge in [-0.25, -0.2) is 4.98 Å². The van der Waals surface area contributed by atoms with Crippen LogP contribution in [-0.4, -0.2) is 34.5 Å². The Labute approximate surface area is 175 Å². The lowest BCUT2D eigenvalue weighted by Gasteiger charge is -2.26. The number of nitrogens with zero attached hydrogens (tertiary/aromatic N) is 2. The van der Waals surface area contributed by atoms with E-state index in [1.54, 1.807) is 0 Å². The highest BCUT2D eigenvalue weighted by Crippen LogP contribution is 2.21. The van der Waals surface area contributed by atoms with Crippen molar-refractivity contribution in [3.63, 3.8) is 0 Å². The molecular weight excluding hydrogens is 358 g/mol. The normalized spacial score (nSPS) is 15.3. The zero-order valence-electron chi connectivity index (χ0n) is 18.4. The second kappa shape index (κ2) is 12.2. The Kier molecular flexibility index (Phi) is 9.58. The molecule has 0 radical (unpaired) electrons. The van der Waals surface area contributed by atoms with Gasteiger partial charge in [-0.15, -0.1) is 0 Å². The van der Waals surface area contributed by atoms with E-state index in [0.717, 1.165) is 56.7 Å². The number of aryl methyl sites for hydroxylation is 1. The zero-order valence-corrected chi connectivity index (χ0v) is 18.4. The van der Waals surface area contributed by atoms with E-state index in [-0.39, 0.29) is 5.56 Å². The van der Waals surface area contributed by atoms with Gasteiger partial charge in [0.15, 0.2) is 0 Å². The van der Waals surface area contributed by atoms with Crippen molar-refractivity contribution in [1.29, 1.82) is 0 Å². The molecule has 1 N–H and O–H groups in total. The molecule has 0 atom stereocenters. The third-order valence-electron chi connectivity index (χ3n) is 4.98. The number of fused-ring (bicyclic) bond motifs is 1. The molecule has 0 amide bonds. The molecule has 0 saturated heterocycles. The number of hydrogen-bond donors (Lipinski definition) is 1. The van der Waals surface area contributed by atoms with E-state index in [4.69, 9.17) is 0 Å². The molecule has 2 heterocycles.